The number of piperidine rings is 1. The fraction of sp³-hybridized carbons (Fsp3) is 0.522. The van der Waals surface area contributed by atoms with Crippen molar-refractivity contribution in [2.45, 2.75) is 57.8 Å². The molecule has 1 aromatic carbocycles. The summed E-state index contributed by atoms with van der Waals surface area (Å²) in [5.74, 6) is -2.01. The molecule has 2 N–H and O–H groups in total. The molecule has 1 aliphatic heterocycles. The number of allylic oxidation sites excluding steroid dienone is 1. The fourth-order valence-corrected chi connectivity index (χ4v) is 5.09. The van der Waals surface area contributed by atoms with E-state index in [2.05, 4.69) is 20.8 Å². The van der Waals surface area contributed by atoms with Crippen LogP contribution in [0.4, 0.5) is 0 Å². The Kier molecular flexibility index (Phi) is 8.01. The van der Waals surface area contributed by atoms with Crippen molar-refractivity contribution in [1.82, 2.24) is 4.31 Å². The number of carbonyl (C=O) groups excluding carboxylic acids is 2. The number of benzene rings is 1. The second-order valence-electron chi connectivity index (χ2n) is 9.06. The first kappa shape index (κ1) is 25.7. The first-order valence-electron chi connectivity index (χ1n) is 10.5. The summed E-state index contributed by atoms with van der Waals surface area (Å²) in [7, 11) is -3.66. The zero-order valence-electron chi connectivity index (χ0n) is 19.3. The molecule has 8 nitrogen and oxygen atoms in total. The number of carbonyl (C=O) groups is 2. The number of hydrogen-bond acceptors (Lipinski definition) is 7. The summed E-state index contributed by atoms with van der Waals surface area (Å²) in [4.78, 5) is 24.1. The summed E-state index contributed by atoms with van der Waals surface area (Å²) in [5.41, 5.74) is 0.686. The van der Waals surface area contributed by atoms with E-state index in [0.717, 1.165) is 5.56 Å². The van der Waals surface area contributed by atoms with Crippen molar-refractivity contribution < 1.29 is 27.9 Å². The van der Waals surface area contributed by atoms with Gasteiger partial charge in [-0.05, 0) is 49.8 Å². The average Bonchev–Trinajstić information content (AvgIpc) is 2.71. The first-order chi connectivity index (χ1) is 14.7. The summed E-state index contributed by atoms with van der Waals surface area (Å²) >= 11 is 0. The zero-order valence-corrected chi connectivity index (χ0v) is 20.1. The normalized spacial score (nSPS) is 16.9. The van der Waals surface area contributed by atoms with E-state index in [1.54, 1.807) is 12.1 Å². The molecule has 32 heavy (non-hydrogen) atoms. The Labute approximate surface area is 189 Å². The van der Waals surface area contributed by atoms with Crippen LogP contribution in [0, 0.1) is 11.3 Å². The minimum atomic E-state index is -3.66. The van der Waals surface area contributed by atoms with Gasteiger partial charge in [0.15, 0.2) is 5.78 Å². The summed E-state index contributed by atoms with van der Waals surface area (Å²) < 4.78 is 32.4. The molecule has 1 aliphatic rings. The highest BCUT2D eigenvalue weighted by atomic mass is 32.2. The van der Waals surface area contributed by atoms with Crippen LogP contribution in [0.3, 0.4) is 0 Å². The Hall–Kier alpha value is -2.52. The van der Waals surface area contributed by atoms with Crippen LogP contribution in [-0.2, 0) is 29.8 Å². The van der Waals surface area contributed by atoms with Gasteiger partial charge in [-0.3, -0.25) is 9.59 Å². The zero-order chi connectivity index (χ0) is 24.3. The Morgan fingerprint density at radius 3 is 2.09 bits per heavy atom. The van der Waals surface area contributed by atoms with E-state index in [9.17, 15) is 23.1 Å². The maximum atomic E-state index is 13.0. The monoisotopic (exact) mass is 464 g/mol. The van der Waals surface area contributed by atoms with Crippen LogP contribution >= 0.6 is 0 Å². The summed E-state index contributed by atoms with van der Waals surface area (Å²) in [6, 6.07) is 6.87. The lowest BCUT2D eigenvalue weighted by molar-refractivity contribution is -0.149. The van der Waals surface area contributed by atoms with Crippen molar-refractivity contribution in [3.63, 3.8) is 0 Å². The Bertz CT molecular complexity index is 996. The third-order valence-corrected chi connectivity index (χ3v) is 7.43. The van der Waals surface area contributed by atoms with E-state index in [1.165, 1.54) is 18.2 Å². The molecule has 176 valence electrons. The lowest BCUT2D eigenvalue weighted by Gasteiger charge is -2.30. The van der Waals surface area contributed by atoms with E-state index in [4.69, 9.17) is 10.1 Å². The molecule has 0 unspecified atom stereocenters. The number of sulfonamides is 1. The molecule has 9 heteroatoms. The fourth-order valence-electron chi connectivity index (χ4n) is 3.62. The lowest BCUT2D eigenvalue weighted by atomic mass is 9.87. The van der Waals surface area contributed by atoms with E-state index in [1.807, 2.05) is 12.1 Å². The second kappa shape index (κ2) is 9.95. The third-order valence-electron chi connectivity index (χ3n) is 5.51. The second-order valence-corrected chi connectivity index (χ2v) is 11.0. The van der Waals surface area contributed by atoms with Gasteiger partial charge >= 0.3 is 5.97 Å². The Balaban J connectivity index is 1.99. The van der Waals surface area contributed by atoms with Crippen LogP contribution in [0.15, 0.2) is 40.5 Å². The first-order valence-corrected chi connectivity index (χ1v) is 11.9. The van der Waals surface area contributed by atoms with Crippen LogP contribution in [0.1, 0.15) is 53.0 Å². The highest BCUT2D eigenvalue weighted by molar-refractivity contribution is 7.89. The minimum absolute atomic E-state index is 0.0762. The van der Waals surface area contributed by atoms with E-state index in [0.29, 0.717) is 12.8 Å². The predicted octanol–water partition coefficient (Wildman–Crippen LogP) is 3.37. The molecular weight excluding hydrogens is 432 g/mol. The topological polar surface area (TPSA) is 125 Å². The van der Waals surface area contributed by atoms with Crippen LogP contribution < -0.4 is 0 Å². The average molecular weight is 465 g/mol. The number of aliphatic hydroxyl groups excluding tert-OH is 1. The molecule has 1 saturated heterocycles. The maximum absolute atomic E-state index is 13.0. The smallest absolute Gasteiger partial charge is 0.309 e. The number of esters is 1. The van der Waals surface area contributed by atoms with Gasteiger partial charge in [0.1, 0.15) is 12.4 Å². The van der Waals surface area contributed by atoms with Crippen LogP contribution in [0.2, 0.25) is 0 Å². The number of nitrogens with one attached hydrogen (secondary N) is 1. The largest absolute Gasteiger partial charge is 0.508 e. The van der Waals surface area contributed by atoms with Gasteiger partial charge in [0, 0.05) is 18.8 Å². The SMILES string of the molecule is CC(=N)/C(C(C)=O)=C(/O)COC(=O)C1CCN(S(=O)(=O)c2ccc(C(C)(C)C)cc2)CC1. The van der Waals surface area contributed by atoms with Crippen molar-refractivity contribution in [3.05, 3.63) is 41.2 Å². The highest BCUT2D eigenvalue weighted by Crippen LogP contribution is 2.27. The number of ether oxygens (including phenoxy) is 1. The Morgan fingerprint density at radius 1 is 1.12 bits per heavy atom. The van der Waals surface area contributed by atoms with Gasteiger partial charge in [-0.25, -0.2) is 8.42 Å². The van der Waals surface area contributed by atoms with E-state index >= 15 is 0 Å². The number of hydrogen-bond donors (Lipinski definition) is 2. The van der Waals surface area contributed by atoms with Crippen molar-refractivity contribution in [2.24, 2.45) is 5.92 Å². The number of Topliss-reactive ketones (excluding diaryl/α,β-unsaturated/α-hetero) is 1. The predicted molar refractivity (Wildman–Crippen MR) is 121 cm³/mol. The molecule has 0 aromatic heterocycles. The molecule has 1 heterocycles. The third kappa shape index (κ3) is 6.04. The van der Waals surface area contributed by atoms with Crippen molar-refractivity contribution in [1.29, 1.82) is 5.41 Å². The molecule has 0 bridgehead atoms. The van der Waals surface area contributed by atoms with Crippen LogP contribution in [-0.4, -0.2) is 55.0 Å². The molecule has 0 amide bonds. The summed E-state index contributed by atoms with van der Waals surface area (Å²) in [6.07, 6.45) is 0.595. The lowest BCUT2D eigenvalue weighted by Crippen LogP contribution is -2.40. The molecule has 0 aliphatic carbocycles. The molecule has 1 aromatic rings. The molecule has 0 saturated carbocycles. The number of nitrogens with zero attached hydrogens (tertiary/aromatic N) is 1. The van der Waals surface area contributed by atoms with Crippen LogP contribution in [0.5, 0.6) is 0 Å². The number of ketones is 1. The maximum Gasteiger partial charge on any atom is 0.309 e. The van der Waals surface area contributed by atoms with E-state index < -0.39 is 40.1 Å². The van der Waals surface area contributed by atoms with Gasteiger partial charge in [0.2, 0.25) is 10.0 Å². The standard InChI is InChI=1S/C23H32N2O6S/c1-15(24)21(16(2)26)20(27)14-31-22(28)17-10-12-25(13-11-17)32(29,30)19-8-6-18(7-9-19)23(3,4)5/h6-9,17,24,27H,10-14H2,1-5H3/b21-20-,24-15?. The minimum Gasteiger partial charge on any atom is -0.508 e. The molecule has 2 rings (SSSR count). The van der Waals surface area contributed by atoms with Crippen molar-refractivity contribution in [2.75, 3.05) is 19.7 Å². The molecule has 0 radical (unpaired) electrons. The summed E-state index contributed by atoms with van der Waals surface area (Å²) in [6.45, 7) is 8.63. The van der Waals surface area contributed by atoms with Gasteiger partial charge in [-0.2, -0.15) is 4.31 Å². The molecular formula is C23H32N2O6S. The van der Waals surface area contributed by atoms with Gasteiger partial charge < -0.3 is 15.3 Å². The number of aliphatic hydroxyl groups is 1. The number of rotatable bonds is 7. The van der Waals surface area contributed by atoms with Crippen molar-refractivity contribution in [3.8, 4) is 0 Å². The van der Waals surface area contributed by atoms with Crippen molar-refractivity contribution >= 4 is 27.5 Å². The van der Waals surface area contributed by atoms with Gasteiger partial charge in [0.25, 0.3) is 0 Å². The van der Waals surface area contributed by atoms with Gasteiger partial charge in [-0.15, -0.1) is 0 Å². The van der Waals surface area contributed by atoms with Gasteiger partial charge in [-0.1, -0.05) is 32.9 Å². The summed E-state index contributed by atoms with van der Waals surface area (Å²) in [5, 5.41) is 17.5. The van der Waals surface area contributed by atoms with Crippen LogP contribution in [0.25, 0.3) is 0 Å². The quantitative estimate of drug-likeness (QED) is 0.276. The molecule has 0 atom stereocenters. The molecule has 0 spiro atoms. The van der Waals surface area contributed by atoms with Gasteiger partial charge in [0.05, 0.1) is 16.4 Å². The van der Waals surface area contributed by atoms with E-state index in [-0.39, 0.29) is 34.7 Å². The Morgan fingerprint density at radius 2 is 1.66 bits per heavy atom. The molecule has 1 fully saturated rings. The highest BCUT2D eigenvalue weighted by Gasteiger charge is 2.33.